The minimum atomic E-state index is -0.194. The minimum absolute atomic E-state index is 0.0551. The van der Waals surface area contributed by atoms with E-state index in [9.17, 15) is 4.79 Å². The van der Waals surface area contributed by atoms with Crippen molar-refractivity contribution >= 4 is 29.1 Å². The Bertz CT molecular complexity index is 466. The molecule has 1 aromatic heterocycles. The number of nitrogens with zero attached hydrogens (tertiary/aromatic N) is 3. The van der Waals surface area contributed by atoms with E-state index in [0.717, 1.165) is 19.3 Å². The SMILES string of the molecule is O=C(c1cc(Cl)nnc1Cl)N(CCCO)C1CCC1. The Morgan fingerprint density at radius 1 is 1.42 bits per heavy atom. The molecule has 1 N–H and O–H groups in total. The van der Waals surface area contributed by atoms with Gasteiger partial charge in [-0.1, -0.05) is 23.2 Å². The number of hydrogen-bond donors (Lipinski definition) is 1. The molecule has 1 aliphatic rings. The Balaban J connectivity index is 2.19. The summed E-state index contributed by atoms with van der Waals surface area (Å²) >= 11 is 11.7. The van der Waals surface area contributed by atoms with E-state index in [0.29, 0.717) is 13.0 Å². The zero-order chi connectivity index (χ0) is 13.8. The standard InChI is InChI=1S/C12H15Cl2N3O2/c13-10-7-9(11(14)16-15-10)12(19)17(5-2-6-18)8-3-1-4-8/h7-8,18H,1-6H2. The fraction of sp³-hybridized carbons (Fsp3) is 0.583. The van der Waals surface area contributed by atoms with Gasteiger partial charge in [0.25, 0.3) is 5.91 Å². The molecule has 0 unspecified atom stereocenters. The lowest BCUT2D eigenvalue weighted by Crippen LogP contribution is -2.45. The molecule has 104 valence electrons. The number of carbonyl (C=O) groups excluding carboxylic acids is 1. The molecule has 2 rings (SSSR count). The Hall–Kier alpha value is -0.910. The molecule has 0 spiro atoms. The van der Waals surface area contributed by atoms with Gasteiger partial charge in [-0.3, -0.25) is 4.79 Å². The highest BCUT2D eigenvalue weighted by Crippen LogP contribution is 2.28. The van der Waals surface area contributed by atoms with Crippen LogP contribution in [0.15, 0.2) is 6.07 Å². The van der Waals surface area contributed by atoms with Gasteiger partial charge < -0.3 is 10.0 Å². The maximum absolute atomic E-state index is 12.5. The molecule has 1 amide bonds. The summed E-state index contributed by atoms with van der Waals surface area (Å²) in [4.78, 5) is 14.2. The smallest absolute Gasteiger partial charge is 0.257 e. The molecular formula is C12H15Cl2N3O2. The van der Waals surface area contributed by atoms with Crippen molar-refractivity contribution in [2.75, 3.05) is 13.2 Å². The predicted octanol–water partition coefficient (Wildman–Crippen LogP) is 2.16. The summed E-state index contributed by atoms with van der Waals surface area (Å²) in [6, 6.07) is 1.66. The number of aliphatic hydroxyl groups is 1. The molecule has 19 heavy (non-hydrogen) atoms. The van der Waals surface area contributed by atoms with Crippen molar-refractivity contribution in [1.82, 2.24) is 15.1 Å². The number of aliphatic hydroxyl groups excluding tert-OH is 1. The Labute approximate surface area is 121 Å². The van der Waals surface area contributed by atoms with Crippen LogP contribution in [0, 0.1) is 0 Å². The summed E-state index contributed by atoms with van der Waals surface area (Å²) in [5.41, 5.74) is 0.270. The molecule has 5 nitrogen and oxygen atoms in total. The summed E-state index contributed by atoms with van der Waals surface area (Å²) in [6.07, 6.45) is 3.64. The van der Waals surface area contributed by atoms with Crippen molar-refractivity contribution in [3.63, 3.8) is 0 Å². The van der Waals surface area contributed by atoms with Crippen LogP contribution in [0.25, 0.3) is 0 Å². The van der Waals surface area contributed by atoms with Crippen LogP contribution >= 0.6 is 23.2 Å². The maximum atomic E-state index is 12.5. The summed E-state index contributed by atoms with van der Waals surface area (Å²) in [5.74, 6) is -0.194. The van der Waals surface area contributed by atoms with E-state index >= 15 is 0 Å². The molecule has 7 heteroatoms. The third-order valence-electron chi connectivity index (χ3n) is 3.28. The molecule has 0 saturated heterocycles. The number of carbonyl (C=O) groups is 1. The van der Waals surface area contributed by atoms with Gasteiger partial charge in [0, 0.05) is 19.2 Å². The average molecular weight is 304 g/mol. The van der Waals surface area contributed by atoms with Crippen molar-refractivity contribution < 1.29 is 9.90 Å². The number of amides is 1. The molecule has 1 aromatic rings. The fourth-order valence-electron chi connectivity index (χ4n) is 2.05. The number of aromatic nitrogens is 2. The quantitative estimate of drug-likeness (QED) is 0.905. The van der Waals surface area contributed by atoms with Gasteiger partial charge in [0.1, 0.15) is 0 Å². The second kappa shape index (κ2) is 6.50. The molecule has 1 saturated carbocycles. The van der Waals surface area contributed by atoms with E-state index < -0.39 is 0 Å². The summed E-state index contributed by atoms with van der Waals surface area (Å²) in [6.45, 7) is 0.565. The minimum Gasteiger partial charge on any atom is -0.396 e. The predicted molar refractivity (Wildman–Crippen MR) is 72.4 cm³/mol. The topological polar surface area (TPSA) is 66.3 Å². The summed E-state index contributed by atoms with van der Waals surface area (Å²) in [7, 11) is 0. The van der Waals surface area contributed by atoms with E-state index in [1.807, 2.05) is 0 Å². The molecule has 1 fully saturated rings. The van der Waals surface area contributed by atoms with Crippen molar-refractivity contribution in [3.8, 4) is 0 Å². The van der Waals surface area contributed by atoms with Crippen LogP contribution in [0.3, 0.4) is 0 Å². The van der Waals surface area contributed by atoms with E-state index in [1.165, 1.54) is 6.07 Å². The zero-order valence-electron chi connectivity index (χ0n) is 10.4. The molecular weight excluding hydrogens is 289 g/mol. The van der Waals surface area contributed by atoms with Crippen LogP contribution < -0.4 is 0 Å². The van der Waals surface area contributed by atoms with Gasteiger partial charge in [-0.2, -0.15) is 0 Å². The lowest BCUT2D eigenvalue weighted by Gasteiger charge is -2.37. The van der Waals surface area contributed by atoms with Crippen LogP contribution in [-0.4, -0.2) is 45.3 Å². The zero-order valence-corrected chi connectivity index (χ0v) is 11.9. The molecule has 0 atom stereocenters. The largest absolute Gasteiger partial charge is 0.396 e. The first-order chi connectivity index (χ1) is 9.13. The highest BCUT2D eigenvalue weighted by Gasteiger charge is 2.30. The average Bonchev–Trinajstić information content (AvgIpc) is 2.34. The molecule has 0 aliphatic heterocycles. The Morgan fingerprint density at radius 2 is 2.16 bits per heavy atom. The van der Waals surface area contributed by atoms with Gasteiger partial charge in [0.2, 0.25) is 0 Å². The molecule has 1 heterocycles. The van der Waals surface area contributed by atoms with Crippen molar-refractivity contribution in [2.24, 2.45) is 0 Å². The molecule has 0 aromatic carbocycles. The second-order valence-electron chi connectivity index (χ2n) is 4.53. The third kappa shape index (κ3) is 3.35. The number of rotatable bonds is 5. The van der Waals surface area contributed by atoms with Crippen molar-refractivity contribution in [1.29, 1.82) is 0 Å². The van der Waals surface area contributed by atoms with E-state index in [4.69, 9.17) is 28.3 Å². The maximum Gasteiger partial charge on any atom is 0.257 e. The second-order valence-corrected chi connectivity index (χ2v) is 5.28. The van der Waals surface area contributed by atoms with E-state index in [1.54, 1.807) is 4.90 Å². The summed E-state index contributed by atoms with van der Waals surface area (Å²) in [5, 5.41) is 16.4. The highest BCUT2D eigenvalue weighted by molar-refractivity contribution is 6.34. The van der Waals surface area contributed by atoms with Gasteiger partial charge in [0.05, 0.1) is 5.56 Å². The van der Waals surface area contributed by atoms with Gasteiger partial charge in [-0.05, 0) is 31.7 Å². The van der Waals surface area contributed by atoms with Gasteiger partial charge in [-0.25, -0.2) is 0 Å². The molecule has 0 bridgehead atoms. The first-order valence-corrected chi connectivity index (χ1v) is 6.99. The van der Waals surface area contributed by atoms with Crippen LogP contribution in [0.1, 0.15) is 36.0 Å². The third-order valence-corrected chi connectivity index (χ3v) is 3.75. The van der Waals surface area contributed by atoms with E-state index in [-0.39, 0.29) is 34.4 Å². The van der Waals surface area contributed by atoms with E-state index in [2.05, 4.69) is 10.2 Å². The van der Waals surface area contributed by atoms with Gasteiger partial charge in [-0.15, -0.1) is 10.2 Å². The Kier molecular flexibility index (Phi) is 4.96. The lowest BCUT2D eigenvalue weighted by atomic mass is 9.91. The number of hydrogen-bond acceptors (Lipinski definition) is 4. The fourth-order valence-corrected chi connectivity index (χ4v) is 2.37. The van der Waals surface area contributed by atoms with Crippen LogP contribution in [0.2, 0.25) is 10.3 Å². The monoisotopic (exact) mass is 303 g/mol. The van der Waals surface area contributed by atoms with Gasteiger partial charge in [0.15, 0.2) is 10.3 Å². The van der Waals surface area contributed by atoms with Crippen molar-refractivity contribution in [2.45, 2.75) is 31.7 Å². The highest BCUT2D eigenvalue weighted by atomic mass is 35.5. The lowest BCUT2D eigenvalue weighted by molar-refractivity contribution is 0.0562. The normalized spacial score (nSPS) is 15.1. The molecule has 0 radical (unpaired) electrons. The Morgan fingerprint density at radius 3 is 2.74 bits per heavy atom. The molecule has 1 aliphatic carbocycles. The summed E-state index contributed by atoms with van der Waals surface area (Å²) < 4.78 is 0. The first kappa shape index (κ1) is 14.5. The van der Waals surface area contributed by atoms with Gasteiger partial charge >= 0.3 is 0 Å². The van der Waals surface area contributed by atoms with Crippen molar-refractivity contribution in [3.05, 3.63) is 21.9 Å². The van der Waals surface area contributed by atoms with Crippen LogP contribution in [0.4, 0.5) is 0 Å². The first-order valence-electron chi connectivity index (χ1n) is 6.24. The number of halogens is 2. The van der Waals surface area contributed by atoms with Crippen LogP contribution in [-0.2, 0) is 0 Å². The van der Waals surface area contributed by atoms with Crippen LogP contribution in [0.5, 0.6) is 0 Å².